The molecule has 222 valence electrons. The Hall–Kier alpha value is -4.50. The molecule has 0 bridgehead atoms. The van der Waals surface area contributed by atoms with Gasteiger partial charge in [0.15, 0.2) is 29.9 Å². The number of benzene rings is 2. The summed E-state index contributed by atoms with van der Waals surface area (Å²) in [6.45, 7) is 2.72. The van der Waals surface area contributed by atoms with Crippen molar-refractivity contribution in [3.05, 3.63) is 59.4 Å². The largest absolute Gasteiger partial charge is 0.497 e. The lowest BCUT2D eigenvalue weighted by Gasteiger charge is -2.15. The van der Waals surface area contributed by atoms with Crippen molar-refractivity contribution < 1.29 is 37.0 Å². The third-order valence-corrected chi connectivity index (χ3v) is 8.84. The number of rotatable bonds is 13. The maximum atomic E-state index is 14.2. The lowest BCUT2D eigenvalue weighted by molar-refractivity contribution is -0.121. The number of amides is 2. The normalized spacial score (nSPS) is 11.3. The lowest BCUT2D eigenvalue weighted by atomic mass is 10.1. The van der Waals surface area contributed by atoms with Gasteiger partial charge in [0.2, 0.25) is 0 Å². The number of carbonyl (C=O) groups is 2. The number of carbonyl (C=O) groups excluding carboxylic acids is 2. The zero-order valence-corrected chi connectivity index (χ0v) is 24.9. The number of fused-ring (bicyclic) bond motifs is 1. The van der Waals surface area contributed by atoms with Gasteiger partial charge in [-0.15, -0.1) is 0 Å². The molecule has 42 heavy (non-hydrogen) atoms. The molecule has 13 nitrogen and oxygen atoms in total. The Labute approximate surface area is 246 Å². The third kappa shape index (κ3) is 6.36. The van der Waals surface area contributed by atoms with Gasteiger partial charge in [-0.3, -0.25) is 14.6 Å². The van der Waals surface area contributed by atoms with E-state index in [-0.39, 0.29) is 21.6 Å². The van der Waals surface area contributed by atoms with Gasteiger partial charge in [0, 0.05) is 35.2 Å². The molecule has 0 atom stereocenters. The molecule has 0 spiro atoms. The van der Waals surface area contributed by atoms with Gasteiger partial charge in [0.25, 0.3) is 21.8 Å². The standard InChI is InChI=1S/C27H29N5O8S2/c1-15-11-30-20(16(2)26(15)38-4)14-41-27-31-19-9-17(37-3)5-7-21(19)32(27)42(35,36)18-6-8-22(39-12-24(28)33)23(10-18)40-13-25(29)34/h5-11H,12-14H2,1-4H3,(H2,28,33)(H2,29,34). The van der Waals surface area contributed by atoms with Gasteiger partial charge >= 0.3 is 0 Å². The summed E-state index contributed by atoms with van der Waals surface area (Å²) in [6.07, 6.45) is 1.70. The average Bonchev–Trinajstić information content (AvgIpc) is 3.33. The average molecular weight is 616 g/mol. The molecule has 2 aromatic heterocycles. The number of aryl methyl sites for hydroxylation is 1. The second kappa shape index (κ2) is 12.6. The molecule has 4 rings (SSSR count). The van der Waals surface area contributed by atoms with Crippen LogP contribution in [0, 0.1) is 13.8 Å². The SMILES string of the molecule is COc1ccc2c(c1)nc(SCc1ncc(C)c(OC)c1C)n2S(=O)(=O)c1ccc(OCC(N)=O)c(OCC(N)=O)c1. The predicted molar refractivity (Wildman–Crippen MR) is 155 cm³/mol. The Morgan fingerprint density at radius 2 is 1.64 bits per heavy atom. The van der Waals surface area contributed by atoms with Gasteiger partial charge in [-0.2, -0.15) is 0 Å². The molecule has 2 heterocycles. The minimum absolute atomic E-state index is 0.00121. The molecule has 15 heteroatoms. The fourth-order valence-electron chi connectivity index (χ4n) is 4.10. The monoisotopic (exact) mass is 615 g/mol. The van der Waals surface area contributed by atoms with Crippen molar-refractivity contribution in [3.63, 3.8) is 0 Å². The van der Waals surface area contributed by atoms with Crippen LogP contribution in [0.3, 0.4) is 0 Å². The van der Waals surface area contributed by atoms with Crippen LogP contribution in [-0.4, -0.2) is 61.6 Å². The molecule has 0 aliphatic heterocycles. The quantitative estimate of drug-likeness (QED) is 0.210. The number of ether oxygens (including phenoxy) is 4. The Bertz CT molecular complexity index is 1770. The van der Waals surface area contributed by atoms with E-state index in [0.717, 1.165) is 15.1 Å². The zero-order chi connectivity index (χ0) is 30.6. The number of imidazole rings is 1. The highest BCUT2D eigenvalue weighted by Gasteiger charge is 2.27. The summed E-state index contributed by atoms with van der Waals surface area (Å²) in [5.41, 5.74) is 13.5. The lowest BCUT2D eigenvalue weighted by Crippen LogP contribution is -2.22. The van der Waals surface area contributed by atoms with E-state index in [0.29, 0.717) is 34.0 Å². The van der Waals surface area contributed by atoms with E-state index >= 15 is 0 Å². The number of pyridine rings is 1. The van der Waals surface area contributed by atoms with Gasteiger partial charge in [0.1, 0.15) is 11.5 Å². The summed E-state index contributed by atoms with van der Waals surface area (Å²) < 4.78 is 51.0. The van der Waals surface area contributed by atoms with E-state index < -0.39 is 35.1 Å². The first kappa shape index (κ1) is 30.5. The predicted octanol–water partition coefficient (Wildman–Crippen LogP) is 2.32. The van der Waals surface area contributed by atoms with Gasteiger partial charge in [-0.1, -0.05) is 11.8 Å². The Kier molecular flexibility index (Phi) is 9.11. The van der Waals surface area contributed by atoms with E-state index in [1.807, 2.05) is 13.8 Å². The molecule has 0 aliphatic carbocycles. The van der Waals surface area contributed by atoms with E-state index in [1.54, 1.807) is 31.5 Å². The van der Waals surface area contributed by atoms with Crippen LogP contribution in [0.25, 0.3) is 11.0 Å². The first-order chi connectivity index (χ1) is 20.0. The fraction of sp³-hybridized carbons (Fsp3) is 0.259. The smallest absolute Gasteiger partial charge is 0.270 e. The van der Waals surface area contributed by atoms with Crippen molar-refractivity contribution in [2.45, 2.75) is 29.7 Å². The van der Waals surface area contributed by atoms with E-state index in [4.69, 9.17) is 30.4 Å². The molecule has 2 amide bonds. The molecular formula is C27H29N5O8S2. The zero-order valence-electron chi connectivity index (χ0n) is 23.2. The number of thioether (sulfide) groups is 1. The molecule has 0 saturated heterocycles. The summed E-state index contributed by atoms with van der Waals surface area (Å²) in [5, 5.41) is 0.174. The second-order valence-corrected chi connectivity index (χ2v) is 11.7. The first-order valence-electron chi connectivity index (χ1n) is 12.4. The molecule has 2 aromatic carbocycles. The van der Waals surface area contributed by atoms with Gasteiger partial charge in [-0.05, 0) is 38.1 Å². The Morgan fingerprint density at radius 1 is 0.952 bits per heavy atom. The number of nitrogens with two attached hydrogens (primary N) is 2. The summed E-state index contributed by atoms with van der Waals surface area (Å²) in [6, 6.07) is 8.61. The van der Waals surface area contributed by atoms with Crippen molar-refractivity contribution in [2.75, 3.05) is 27.4 Å². The molecule has 0 radical (unpaired) electrons. The van der Waals surface area contributed by atoms with Crippen molar-refractivity contribution in [2.24, 2.45) is 11.5 Å². The second-order valence-electron chi connectivity index (χ2n) is 8.97. The molecule has 4 N–H and O–H groups in total. The van der Waals surface area contributed by atoms with Crippen LogP contribution >= 0.6 is 11.8 Å². The highest BCUT2D eigenvalue weighted by atomic mass is 32.2. The maximum Gasteiger partial charge on any atom is 0.270 e. The number of hydrogen-bond donors (Lipinski definition) is 2. The van der Waals surface area contributed by atoms with Crippen molar-refractivity contribution in [1.29, 1.82) is 0 Å². The Balaban J connectivity index is 1.81. The molecular weight excluding hydrogens is 586 g/mol. The number of nitrogens with zero attached hydrogens (tertiary/aromatic N) is 3. The summed E-state index contributed by atoms with van der Waals surface area (Å²) >= 11 is 1.18. The van der Waals surface area contributed by atoms with Crippen LogP contribution in [0.2, 0.25) is 0 Å². The molecule has 4 aromatic rings. The summed E-state index contributed by atoms with van der Waals surface area (Å²) in [5.74, 6) is -0.180. The van der Waals surface area contributed by atoms with Gasteiger partial charge < -0.3 is 30.4 Å². The van der Waals surface area contributed by atoms with Gasteiger partial charge in [0.05, 0.1) is 35.8 Å². The van der Waals surface area contributed by atoms with E-state index in [2.05, 4.69) is 9.97 Å². The number of hydrogen-bond acceptors (Lipinski definition) is 11. The van der Waals surface area contributed by atoms with Crippen molar-refractivity contribution >= 4 is 44.6 Å². The van der Waals surface area contributed by atoms with Crippen LogP contribution in [0.1, 0.15) is 16.8 Å². The van der Waals surface area contributed by atoms with Crippen molar-refractivity contribution in [1.82, 2.24) is 13.9 Å². The molecule has 0 saturated carbocycles. The number of methoxy groups -OCH3 is 2. The highest BCUT2D eigenvalue weighted by Crippen LogP contribution is 2.36. The minimum Gasteiger partial charge on any atom is -0.497 e. The third-order valence-electron chi connectivity index (χ3n) is 6.07. The van der Waals surface area contributed by atoms with Crippen LogP contribution in [0.15, 0.2) is 52.6 Å². The number of primary amides is 2. The van der Waals surface area contributed by atoms with Crippen LogP contribution in [0.5, 0.6) is 23.0 Å². The van der Waals surface area contributed by atoms with Crippen LogP contribution < -0.4 is 30.4 Å². The highest BCUT2D eigenvalue weighted by molar-refractivity contribution is 7.99. The summed E-state index contributed by atoms with van der Waals surface area (Å²) in [7, 11) is -1.23. The number of aromatic nitrogens is 3. The molecule has 0 fully saturated rings. The fourth-order valence-corrected chi connectivity index (χ4v) is 6.85. The topological polar surface area (TPSA) is 188 Å². The molecule has 0 unspecified atom stereocenters. The summed E-state index contributed by atoms with van der Waals surface area (Å²) in [4.78, 5) is 31.5. The molecule has 0 aliphatic rings. The minimum atomic E-state index is -4.31. The van der Waals surface area contributed by atoms with Crippen molar-refractivity contribution in [3.8, 4) is 23.0 Å². The van der Waals surface area contributed by atoms with Crippen LogP contribution in [0.4, 0.5) is 0 Å². The maximum absolute atomic E-state index is 14.2. The first-order valence-corrected chi connectivity index (χ1v) is 14.8. The van der Waals surface area contributed by atoms with E-state index in [9.17, 15) is 18.0 Å². The van der Waals surface area contributed by atoms with Crippen LogP contribution in [-0.2, 0) is 25.4 Å². The van der Waals surface area contributed by atoms with E-state index in [1.165, 1.54) is 37.1 Å². The Morgan fingerprint density at radius 3 is 2.29 bits per heavy atom. The van der Waals surface area contributed by atoms with Gasteiger partial charge in [-0.25, -0.2) is 17.4 Å².